The van der Waals surface area contributed by atoms with E-state index in [0.717, 1.165) is 17.9 Å². The average molecular weight is 532 g/mol. The summed E-state index contributed by atoms with van der Waals surface area (Å²) in [5, 5.41) is 22.3. The third kappa shape index (κ3) is 5.15. The number of nitrogens with zero attached hydrogens (tertiary/aromatic N) is 4. The second-order valence-electron chi connectivity index (χ2n) is 10.2. The summed E-state index contributed by atoms with van der Waals surface area (Å²) in [5.74, 6) is -0.287. The van der Waals surface area contributed by atoms with Crippen LogP contribution in [0.4, 0.5) is 4.79 Å². The molecular weight excluding hydrogens is 502 g/mol. The third-order valence-corrected chi connectivity index (χ3v) is 9.31. The molecule has 1 unspecified atom stereocenters. The van der Waals surface area contributed by atoms with Crippen molar-refractivity contribution in [1.29, 1.82) is 5.26 Å². The van der Waals surface area contributed by atoms with Crippen molar-refractivity contribution in [3.05, 3.63) is 29.3 Å². The fourth-order valence-corrected chi connectivity index (χ4v) is 6.80. The molecule has 1 aromatic rings. The molecule has 3 saturated heterocycles. The second-order valence-corrected chi connectivity index (χ2v) is 12.0. The maximum Gasteiger partial charge on any atom is 0.407 e. The van der Waals surface area contributed by atoms with Gasteiger partial charge in [0.1, 0.15) is 11.6 Å². The number of hydrogen-bond acceptors (Lipinski definition) is 6. The van der Waals surface area contributed by atoms with Crippen LogP contribution < -0.4 is 5.32 Å². The average Bonchev–Trinajstić information content (AvgIpc) is 3.48. The van der Waals surface area contributed by atoms with Gasteiger partial charge in [0.05, 0.1) is 12.1 Å². The first kappa shape index (κ1) is 25.2. The number of piperidine rings is 1. The molecule has 1 aliphatic carbocycles. The van der Waals surface area contributed by atoms with Crippen molar-refractivity contribution in [2.75, 3.05) is 26.2 Å². The Morgan fingerprint density at radius 2 is 1.78 bits per heavy atom. The molecule has 3 heterocycles. The smallest absolute Gasteiger partial charge is 0.407 e. The quantitative estimate of drug-likeness (QED) is 0.579. The van der Waals surface area contributed by atoms with E-state index in [9.17, 15) is 24.8 Å². The van der Waals surface area contributed by atoms with Crippen molar-refractivity contribution in [2.24, 2.45) is 0 Å². The van der Waals surface area contributed by atoms with Gasteiger partial charge in [-0.25, -0.2) is 4.79 Å². The van der Waals surface area contributed by atoms with Crippen LogP contribution in [0.5, 0.6) is 0 Å². The Morgan fingerprint density at radius 3 is 2.33 bits per heavy atom. The first-order valence-electron chi connectivity index (χ1n) is 12.5. The number of likely N-dealkylation sites (tertiary alicyclic amines) is 3. The highest BCUT2D eigenvalue weighted by Gasteiger charge is 2.50. The van der Waals surface area contributed by atoms with Crippen LogP contribution in [-0.4, -0.2) is 92.8 Å². The van der Waals surface area contributed by atoms with Gasteiger partial charge in [-0.1, -0.05) is 11.6 Å². The van der Waals surface area contributed by atoms with Crippen molar-refractivity contribution >= 4 is 41.3 Å². The summed E-state index contributed by atoms with van der Waals surface area (Å²) in [6, 6.07) is 9.03. The Kier molecular flexibility index (Phi) is 7.07. The molecule has 1 saturated carbocycles. The van der Waals surface area contributed by atoms with Gasteiger partial charge in [0.25, 0.3) is 0 Å². The van der Waals surface area contributed by atoms with Gasteiger partial charge < -0.3 is 20.2 Å². The number of nitrogens with one attached hydrogen (secondary N) is 1. The lowest BCUT2D eigenvalue weighted by Gasteiger charge is -2.48. The normalized spacial score (nSPS) is 27.7. The fourth-order valence-electron chi connectivity index (χ4n) is 5.48. The summed E-state index contributed by atoms with van der Waals surface area (Å²) < 4.78 is 0. The van der Waals surface area contributed by atoms with Crippen molar-refractivity contribution in [1.82, 2.24) is 20.0 Å². The topological polar surface area (TPSA) is 117 Å². The van der Waals surface area contributed by atoms with Crippen LogP contribution in [0.1, 0.15) is 38.5 Å². The number of thioether (sulfide) groups is 1. The molecule has 11 heteroatoms. The van der Waals surface area contributed by atoms with E-state index in [2.05, 4.69) is 16.3 Å². The number of carboxylic acid groups (broad SMARTS) is 1. The van der Waals surface area contributed by atoms with Gasteiger partial charge in [-0.2, -0.15) is 5.26 Å². The van der Waals surface area contributed by atoms with Gasteiger partial charge in [-0.15, -0.1) is 11.8 Å². The van der Waals surface area contributed by atoms with Crippen LogP contribution >= 0.6 is 23.4 Å². The van der Waals surface area contributed by atoms with Crippen LogP contribution in [0.15, 0.2) is 29.2 Å². The first-order valence-corrected chi connectivity index (χ1v) is 13.7. The highest BCUT2D eigenvalue weighted by Crippen LogP contribution is 2.38. The molecule has 3 amide bonds. The van der Waals surface area contributed by atoms with E-state index < -0.39 is 17.7 Å². The van der Waals surface area contributed by atoms with Crippen LogP contribution in [0.2, 0.25) is 5.02 Å². The van der Waals surface area contributed by atoms with E-state index in [4.69, 9.17) is 11.6 Å². The lowest BCUT2D eigenvalue weighted by atomic mass is 9.93. The van der Waals surface area contributed by atoms with Crippen LogP contribution in [-0.2, 0) is 9.59 Å². The molecule has 5 rings (SSSR count). The first-order chi connectivity index (χ1) is 17.3. The largest absolute Gasteiger partial charge is 0.465 e. The highest BCUT2D eigenvalue weighted by molar-refractivity contribution is 8.00. The summed E-state index contributed by atoms with van der Waals surface area (Å²) in [6.07, 6.45) is 3.06. The fraction of sp³-hybridized carbons (Fsp3) is 0.600. The maximum absolute atomic E-state index is 13.8. The molecule has 3 atom stereocenters. The molecule has 192 valence electrons. The zero-order valence-electron chi connectivity index (χ0n) is 19.9. The van der Waals surface area contributed by atoms with Gasteiger partial charge in [-0.3, -0.25) is 14.5 Å². The number of hydrogen-bond donors (Lipinski definition) is 2. The molecule has 0 bridgehead atoms. The SMILES string of the molecule is N#CC1(NC(=O)[C@@H]2C[C@@H](Sc3ccc(Cl)cc3)CN2C(=O)C2CCN2C2CCN(C(=O)O)CC2)CC1. The molecule has 36 heavy (non-hydrogen) atoms. The highest BCUT2D eigenvalue weighted by atomic mass is 35.5. The Labute approximate surface area is 219 Å². The molecule has 4 aliphatic rings. The molecular formula is C25H30ClN5O4S. The van der Waals surface area contributed by atoms with Crippen molar-refractivity contribution in [3.63, 3.8) is 0 Å². The molecule has 9 nitrogen and oxygen atoms in total. The van der Waals surface area contributed by atoms with E-state index in [1.807, 2.05) is 24.3 Å². The molecule has 4 fully saturated rings. The Morgan fingerprint density at radius 1 is 1.08 bits per heavy atom. The summed E-state index contributed by atoms with van der Waals surface area (Å²) in [7, 11) is 0. The van der Waals surface area contributed by atoms with E-state index in [-0.39, 0.29) is 29.1 Å². The van der Waals surface area contributed by atoms with E-state index in [0.29, 0.717) is 56.8 Å². The van der Waals surface area contributed by atoms with Crippen molar-refractivity contribution < 1.29 is 19.5 Å². The summed E-state index contributed by atoms with van der Waals surface area (Å²) in [4.78, 5) is 44.7. The molecule has 1 aromatic carbocycles. The van der Waals surface area contributed by atoms with E-state index >= 15 is 0 Å². The minimum Gasteiger partial charge on any atom is -0.465 e. The summed E-state index contributed by atoms with van der Waals surface area (Å²) >= 11 is 7.66. The van der Waals surface area contributed by atoms with Crippen LogP contribution in [0.3, 0.4) is 0 Å². The van der Waals surface area contributed by atoms with Crippen molar-refractivity contribution in [2.45, 2.75) is 72.3 Å². The minimum atomic E-state index is -0.898. The second kappa shape index (κ2) is 10.1. The Bertz CT molecular complexity index is 1070. The van der Waals surface area contributed by atoms with Gasteiger partial charge in [0.2, 0.25) is 11.8 Å². The summed E-state index contributed by atoms with van der Waals surface area (Å²) in [5.41, 5.74) is -0.784. The van der Waals surface area contributed by atoms with Crippen molar-refractivity contribution in [3.8, 4) is 6.07 Å². The Hall–Kier alpha value is -2.48. The molecule has 3 aliphatic heterocycles. The third-order valence-electron chi connectivity index (χ3n) is 7.84. The lowest BCUT2D eigenvalue weighted by molar-refractivity contribution is -0.148. The standard InChI is InChI=1S/C25H30ClN5O4S/c26-16-1-3-18(4-2-16)36-19-13-21(22(32)28-25(15-27)8-9-25)31(14-19)23(33)20-7-12-30(20)17-5-10-29(11-6-17)24(34)35/h1-4,17,19-21H,5-14H2,(H,28,32)(H,34,35)/t19-,20?,21+/m1/s1. The minimum absolute atomic E-state index is 0.0388. The van der Waals surface area contributed by atoms with Gasteiger partial charge in [-0.05, 0) is 62.8 Å². The van der Waals surface area contributed by atoms with E-state index in [1.54, 1.807) is 16.7 Å². The zero-order valence-corrected chi connectivity index (χ0v) is 21.5. The van der Waals surface area contributed by atoms with Crippen LogP contribution in [0, 0.1) is 11.3 Å². The molecule has 0 aromatic heterocycles. The number of benzene rings is 1. The number of rotatable bonds is 6. The molecule has 2 N–H and O–H groups in total. The van der Waals surface area contributed by atoms with Gasteiger partial charge in [0, 0.05) is 47.4 Å². The van der Waals surface area contributed by atoms with Crippen LogP contribution in [0.25, 0.3) is 0 Å². The lowest BCUT2D eigenvalue weighted by Crippen LogP contribution is -2.63. The number of amides is 3. The zero-order chi connectivity index (χ0) is 25.4. The molecule has 0 radical (unpaired) electrons. The number of halogens is 1. The predicted molar refractivity (Wildman–Crippen MR) is 135 cm³/mol. The number of carbonyl (C=O) groups is 3. The predicted octanol–water partition coefficient (Wildman–Crippen LogP) is 2.79. The van der Waals surface area contributed by atoms with E-state index in [1.165, 1.54) is 4.90 Å². The number of carbonyl (C=O) groups excluding carboxylic acids is 2. The molecule has 0 spiro atoms. The van der Waals surface area contributed by atoms with Gasteiger partial charge >= 0.3 is 6.09 Å². The summed E-state index contributed by atoms with van der Waals surface area (Å²) in [6.45, 7) is 2.22. The number of nitriles is 1. The maximum atomic E-state index is 13.8. The monoisotopic (exact) mass is 531 g/mol. The van der Waals surface area contributed by atoms with Gasteiger partial charge in [0.15, 0.2) is 0 Å². The Balaban J connectivity index is 1.28.